The van der Waals surface area contributed by atoms with Crippen LogP contribution in [0.15, 0.2) is 12.1 Å². The van der Waals surface area contributed by atoms with Crippen molar-refractivity contribution in [2.45, 2.75) is 6.61 Å². The predicted octanol–water partition coefficient (Wildman–Crippen LogP) is 0.847. The van der Waals surface area contributed by atoms with Gasteiger partial charge in [0.05, 0.1) is 4.92 Å². The standard InChI is InChI=1S/C8H6N2O4/c9-5-2-1-4-3-14-8(11)6(4)7(5)10(12)13/h1-2H,3,9H2. The van der Waals surface area contributed by atoms with E-state index in [4.69, 9.17) is 5.73 Å². The van der Waals surface area contributed by atoms with Gasteiger partial charge in [-0.2, -0.15) is 0 Å². The minimum absolute atomic E-state index is 0.0185. The lowest BCUT2D eigenvalue weighted by Gasteiger charge is -1.99. The van der Waals surface area contributed by atoms with Gasteiger partial charge in [-0.1, -0.05) is 6.07 Å². The molecule has 1 aliphatic rings. The van der Waals surface area contributed by atoms with E-state index in [1.54, 1.807) is 6.07 Å². The van der Waals surface area contributed by atoms with E-state index in [2.05, 4.69) is 4.74 Å². The van der Waals surface area contributed by atoms with Gasteiger partial charge in [0.25, 0.3) is 0 Å². The molecule has 1 heterocycles. The number of hydrogen-bond donors (Lipinski definition) is 1. The molecule has 2 N–H and O–H groups in total. The van der Waals surface area contributed by atoms with E-state index in [0.29, 0.717) is 5.56 Å². The number of carbonyl (C=O) groups is 1. The van der Waals surface area contributed by atoms with Crippen molar-refractivity contribution in [2.75, 3.05) is 5.73 Å². The van der Waals surface area contributed by atoms with Crippen molar-refractivity contribution in [2.24, 2.45) is 0 Å². The second-order valence-corrected chi connectivity index (χ2v) is 2.87. The predicted molar refractivity (Wildman–Crippen MR) is 46.6 cm³/mol. The molecule has 0 saturated carbocycles. The van der Waals surface area contributed by atoms with Crippen LogP contribution in [-0.4, -0.2) is 10.9 Å². The maximum atomic E-state index is 11.2. The van der Waals surface area contributed by atoms with Crippen LogP contribution in [-0.2, 0) is 11.3 Å². The summed E-state index contributed by atoms with van der Waals surface area (Å²) in [6.45, 7) is 0.0787. The second-order valence-electron chi connectivity index (χ2n) is 2.87. The molecule has 1 aliphatic heterocycles. The van der Waals surface area contributed by atoms with Crippen LogP contribution >= 0.6 is 0 Å². The summed E-state index contributed by atoms with van der Waals surface area (Å²) in [5, 5.41) is 10.6. The maximum Gasteiger partial charge on any atom is 0.346 e. The van der Waals surface area contributed by atoms with E-state index in [9.17, 15) is 14.9 Å². The molecule has 0 bridgehead atoms. The van der Waals surface area contributed by atoms with Gasteiger partial charge in [0, 0.05) is 5.56 Å². The van der Waals surface area contributed by atoms with Crippen LogP contribution in [0.2, 0.25) is 0 Å². The molecule has 0 radical (unpaired) electrons. The number of esters is 1. The lowest BCUT2D eigenvalue weighted by atomic mass is 10.1. The molecule has 0 unspecified atom stereocenters. The molecule has 0 spiro atoms. The number of ether oxygens (including phenoxy) is 1. The fourth-order valence-corrected chi connectivity index (χ4v) is 1.41. The number of nitrogens with two attached hydrogens (primary N) is 1. The number of fused-ring (bicyclic) bond motifs is 1. The summed E-state index contributed by atoms with van der Waals surface area (Å²) in [5.74, 6) is -0.681. The molecule has 0 amide bonds. The third-order valence-corrected chi connectivity index (χ3v) is 2.04. The number of nitrogen functional groups attached to an aromatic ring is 1. The zero-order valence-corrected chi connectivity index (χ0v) is 7.02. The summed E-state index contributed by atoms with van der Waals surface area (Å²) in [7, 11) is 0. The molecule has 6 heteroatoms. The van der Waals surface area contributed by atoms with E-state index in [1.165, 1.54) is 6.07 Å². The fourth-order valence-electron chi connectivity index (χ4n) is 1.41. The summed E-state index contributed by atoms with van der Waals surface area (Å²) in [6, 6.07) is 2.96. The Hall–Kier alpha value is -2.11. The van der Waals surface area contributed by atoms with Crippen molar-refractivity contribution < 1.29 is 14.5 Å². The molecule has 0 fully saturated rings. The van der Waals surface area contributed by atoms with Gasteiger partial charge >= 0.3 is 11.7 Å². The lowest BCUT2D eigenvalue weighted by molar-refractivity contribution is -0.384. The van der Waals surface area contributed by atoms with Gasteiger partial charge in [-0.15, -0.1) is 0 Å². The summed E-state index contributed by atoms with van der Waals surface area (Å²) in [4.78, 5) is 21.1. The number of rotatable bonds is 1. The first-order valence-corrected chi connectivity index (χ1v) is 3.84. The van der Waals surface area contributed by atoms with Crippen molar-refractivity contribution in [3.8, 4) is 0 Å². The number of hydrogen-bond acceptors (Lipinski definition) is 5. The number of nitro groups is 1. The Labute approximate surface area is 78.4 Å². The summed E-state index contributed by atoms with van der Waals surface area (Å²) < 4.78 is 4.67. The van der Waals surface area contributed by atoms with Gasteiger partial charge in [-0.25, -0.2) is 4.79 Å². The first-order chi connectivity index (χ1) is 6.61. The summed E-state index contributed by atoms with van der Waals surface area (Å²) in [5.41, 5.74) is 5.52. The highest BCUT2D eigenvalue weighted by Crippen LogP contribution is 2.33. The third-order valence-electron chi connectivity index (χ3n) is 2.04. The number of benzene rings is 1. The first kappa shape index (κ1) is 8.49. The van der Waals surface area contributed by atoms with Crippen LogP contribution in [0.5, 0.6) is 0 Å². The number of nitrogens with zero attached hydrogens (tertiary/aromatic N) is 1. The van der Waals surface area contributed by atoms with Crippen molar-refractivity contribution in [1.82, 2.24) is 0 Å². The van der Waals surface area contributed by atoms with Gasteiger partial charge < -0.3 is 10.5 Å². The van der Waals surface area contributed by atoms with Crippen LogP contribution < -0.4 is 5.73 Å². The van der Waals surface area contributed by atoms with Gasteiger partial charge in [-0.3, -0.25) is 10.1 Å². The SMILES string of the molecule is Nc1ccc2c(c1[N+](=O)[O-])C(=O)OC2. The topological polar surface area (TPSA) is 95.5 Å². The van der Waals surface area contributed by atoms with Crippen molar-refractivity contribution in [1.29, 1.82) is 0 Å². The van der Waals surface area contributed by atoms with E-state index < -0.39 is 10.9 Å². The van der Waals surface area contributed by atoms with Gasteiger partial charge in [0.1, 0.15) is 17.9 Å². The normalized spacial score (nSPS) is 13.6. The quantitative estimate of drug-likeness (QED) is 0.309. The minimum Gasteiger partial charge on any atom is -0.457 e. The Balaban J connectivity index is 2.74. The second kappa shape index (κ2) is 2.69. The molecule has 1 aromatic carbocycles. The van der Waals surface area contributed by atoms with Crippen LogP contribution in [0.3, 0.4) is 0 Å². The van der Waals surface area contributed by atoms with E-state index in [0.717, 1.165) is 0 Å². The molecule has 0 aromatic heterocycles. The summed E-state index contributed by atoms with van der Waals surface area (Å²) >= 11 is 0. The van der Waals surface area contributed by atoms with Crippen LogP contribution in [0, 0.1) is 10.1 Å². The highest BCUT2D eigenvalue weighted by Gasteiger charge is 2.32. The lowest BCUT2D eigenvalue weighted by Crippen LogP contribution is -2.04. The van der Waals surface area contributed by atoms with Gasteiger partial charge in [-0.05, 0) is 6.07 Å². The average molecular weight is 194 g/mol. The molecule has 2 rings (SSSR count). The van der Waals surface area contributed by atoms with Gasteiger partial charge in [0.2, 0.25) is 0 Å². The molecule has 0 aliphatic carbocycles. The Bertz CT molecular complexity index is 441. The van der Waals surface area contributed by atoms with Crippen LogP contribution in [0.25, 0.3) is 0 Å². The molecule has 0 atom stereocenters. The van der Waals surface area contributed by atoms with Gasteiger partial charge in [0.15, 0.2) is 0 Å². The molecule has 14 heavy (non-hydrogen) atoms. The molecular weight excluding hydrogens is 188 g/mol. The largest absolute Gasteiger partial charge is 0.457 e. The zero-order valence-electron chi connectivity index (χ0n) is 7.02. The highest BCUT2D eigenvalue weighted by atomic mass is 16.6. The third kappa shape index (κ3) is 1.00. The Morgan fingerprint density at radius 3 is 2.86 bits per heavy atom. The monoisotopic (exact) mass is 194 g/mol. The van der Waals surface area contributed by atoms with Crippen LogP contribution in [0.1, 0.15) is 15.9 Å². The molecular formula is C8H6N2O4. The Morgan fingerprint density at radius 2 is 2.21 bits per heavy atom. The fraction of sp³-hybridized carbons (Fsp3) is 0.125. The number of nitro benzene ring substituents is 1. The maximum absolute atomic E-state index is 11.2. The van der Waals surface area contributed by atoms with E-state index in [-0.39, 0.29) is 23.5 Å². The molecule has 0 saturated heterocycles. The van der Waals surface area contributed by atoms with Crippen molar-refractivity contribution in [3.05, 3.63) is 33.4 Å². The number of anilines is 1. The van der Waals surface area contributed by atoms with Crippen molar-refractivity contribution in [3.63, 3.8) is 0 Å². The first-order valence-electron chi connectivity index (χ1n) is 3.84. The van der Waals surface area contributed by atoms with Crippen molar-refractivity contribution >= 4 is 17.3 Å². The Kier molecular flexibility index (Phi) is 1.63. The van der Waals surface area contributed by atoms with E-state index >= 15 is 0 Å². The van der Waals surface area contributed by atoms with Crippen LogP contribution in [0.4, 0.5) is 11.4 Å². The average Bonchev–Trinajstić information content (AvgIpc) is 2.47. The smallest absolute Gasteiger partial charge is 0.346 e. The zero-order chi connectivity index (χ0) is 10.3. The molecule has 72 valence electrons. The highest BCUT2D eigenvalue weighted by molar-refractivity contribution is 6.00. The number of carbonyl (C=O) groups excluding carboxylic acids is 1. The Morgan fingerprint density at radius 1 is 1.50 bits per heavy atom. The molecule has 6 nitrogen and oxygen atoms in total. The number of cyclic esters (lactones) is 1. The van der Waals surface area contributed by atoms with E-state index in [1.807, 2.05) is 0 Å². The minimum atomic E-state index is -0.681. The summed E-state index contributed by atoms with van der Waals surface area (Å²) in [6.07, 6.45) is 0. The molecule has 1 aromatic rings.